The molecule has 0 bridgehead atoms. The van der Waals surface area contributed by atoms with Crippen LogP contribution >= 0.6 is 0 Å². The summed E-state index contributed by atoms with van der Waals surface area (Å²) in [4.78, 5) is 11.9. The first-order valence-corrected chi connectivity index (χ1v) is 5.53. The molecule has 0 aliphatic carbocycles. The van der Waals surface area contributed by atoms with Crippen molar-refractivity contribution >= 4 is 5.91 Å². The van der Waals surface area contributed by atoms with Crippen LogP contribution in [0.25, 0.3) is 0 Å². The molecule has 0 atom stereocenters. The monoisotopic (exact) mass is 221 g/mol. The van der Waals surface area contributed by atoms with Crippen LogP contribution in [0.2, 0.25) is 0 Å². The number of nitrogens with one attached hydrogen (secondary N) is 1. The predicted octanol–water partition coefficient (Wildman–Crippen LogP) is 2.19. The Bertz CT molecular complexity index is 348. The van der Waals surface area contributed by atoms with E-state index in [2.05, 4.69) is 19.2 Å². The van der Waals surface area contributed by atoms with E-state index in [0.29, 0.717) is 19.1 Å². The van der Waals surface area contributed by atoms with Crippen molar-refractivity contribution in [2.45, 2.75) is 19.8 Å². The van der Waals surface area contributed by atoms with Gasteiger partial charge in [0.1, 0.15) is 0 Å². The average molecular weight is 221 g/mol. The van der Waals surface area contributed by atoms with E-state index in [1.807, 2.05) is 24.3 Å². The molecule has 0 aliphatic rings. The third-order valence-corrected chi connectivity index (χ3v) is 2.42. The molecular weight excluding hydrogens is 202 g/mol. The molecule has 0 spiro atoms. The molecule has 0 radical (unpaired) electrons. The Kier molecular flexibility index (Phi) is 4.99. The molecule has 1 N–H and O–H groups in total. The zero-order valence-electron chi connectivity index (χ0n) is 10.1. The van der Waals surface area contributed by atoms with Crippen LogP contribution in [-0.4, -0.2) is 26.2 Å². The molecule has 1 amide bonds. The maximum Gasteiger partial charge on any atom is 0.251 e. The lowest BCUT2D eigenvalue weighted by atomic mass is 9.97. The molecule has 16 heavy (non-hydrogen) atoms. The van der Waals surface area contributed by atoms with Gasteiger partial charge in [0.05, 0.1) is 6.61 Å². The molecule has 88 valence electrons. The minimum absolute atomic E-state index is 0.0265. The van der Waals surface area contributed by atoms with Gasteiger partial charge in [0.2, 0.25) is 0 Å². The van der Waals surface area contributed by atoms with Gasteiger partial charge in [0.25, 0.3) is 5.91 Å². The fraction of sp³-hybridized carbons (Fsp3) is 0.462. The molecule has 0 unspecified atom stereocenters. The first-order valence-electron chi connectivity index (χ1n) is 5.53. The Balaban J connectivity index is 2.74. The minimum atomic E-state index is -0.0265. The topological polar surface area (TPSA) is 38.3 Å². The van der Waals surface area contributed by atoms with E-state index in [4.69, 9.17) is 4.74 Å². The van der Waals surface area contributed by atoms with Crippen molar-refractivity contribution in [3.63, 3.8) is 0 Å². The molecule has 0 fully saturated rings. The van der Waals surface area contributed by atoms with Crippen LogP contribution in [0.15, 0.2) is 24.3 Å². The summed E-state index contributed by atoms with van der Waals surface area (Å²) in [5.74, 6) is 0.325. The smallest absolute Gasteiger partial charge is 0.251 e. The second-order valence-corrected chi connectivity index (χ2v) is 3.99. The first kappa shape index (κ1) is 12.7. The lowest BCUT2D eigenvalue weighted by Crippen LogP contribution is -2.27. The zero-order valence-corrected chi connectivity index (χ0v) is 10.1. The number of rotatable bonds is 5. The summed E-state index contributed by atoms with van der Waals surface area (Å²) in [6.45, 7) is 5.25. The third kappa shape index (κ3) is 3.35. The number of hydrogen-bond acceptors (Lipinski definition) is 2. The van der Waals surface area contributed by atoms with E-state index in [9.17, 15) is 4.79 Å². The normalized spacial score (nSPS) is 10.5. The molecule has 0 saturated carbocycles. The van der Waals surface area contributed by atoms with Gasteiger partial charge in [-0.3, -0.25) is 4.79 Å². The van der Waals surface area contributed by atoms with Gasteiger partial charge in [-0.2, -0.15) is 0 Å². The molecule has 0 saturated heterocycles. The second-order valence-electron chi connectivity index (χ2n) is 3.99. The largest absolute Gasteiger partial charge is 0.383 e. The molecule has 1 rings (SSSR count). The molecular formula is C13H19NO2. The number of hydrogen-bond donors (Lipinski definition) is 1. The summed E-state index contributed by atoms with van der Waals surface area (Å²) in [5, 5.41) is 2.83. The standard InChI is InChI=1S/C13H19NO2/c1-10(2)11-6-4-5-7-12(11)13(15)14-8-9-16-3/h4-7,10H,8-9H2,1-3H3,(H,14,15). The van der Waals surface area contributed by atoms with E-state index in [0.717, 1.165) is 11.1 Å². The number of ether oxygens (including phenoxy) is 1. The van der Waals surface area contributed by atoms with Crippen LogP contribution in [0.4, 0.5) is 0 Å². The number of benzene rings is 1. The van der Waals surface area contributed by atoms with Crippen molar-refractivity contribution in [2.24, 2.45) is 0 Å². The van der Waals surface area contributed by atoms with E-state index in [1.165, 1.54) is 0 Å². The highest BCUT2D eigenvalue weighted by atomic mass is 16.5. The van der Waals surface area contributed by atoms with Crippen molar-refractivity contribution in [1.29, 1.82) is 0 Å². The number of carbonyl (C=O) groups is 1. The lowest BCUT2D eigenvalue weighted by Gasteiger charge is -2.12. The molecule has 3 nitrogen and oxygen atoms in total. The Morgan fingerprint density at radius 3 is 2.69 bits per heavy atom. The minimum Gasteiger partial charge on any atom is -0.383 e. The summed E-state index contributed by atoms with van der Waals surface area (Å²) in [6, 6.07) is 7.70. The second kappa shape index (κ2) is 6.28. The quantitative estimate of drug-likeness (QED) is 0.774. The molecule has 1 aromatic carbocycles. The highest BCUT2D eigenvalue weighted by Crippen LogP contribution is 2.18. The van der Waals surface area contributed by atoms with E-state index >= 15 is 0 Å². The van der Waals surface area contributed by atoms with Gasteiger partial charge in [-0.25, -0.2) is 0 Å². The summed E-state index contributed by atoms with van der Waals surface area (Å²) in [6.07, 6.45) is 0. The van der Waals surface area contributed by atoms with Gasteiger partial charge < -0.3 is 10.1 Å². The molecule has 0 heterocycles. The van der Waals surface area contributed by atoms with Gasteiger partial charge in [0.15, 0.2) is 0 Å². The van der Waals surface area contributed by atoms with Crippen LogP contribution in [0.5, 0.6) is 0 Å². The van der Waals surface area contributed by atoms with E-state index in [-0.39, 0.29) is 5.91 Å². The molecule has 3 heteroatoms. The fourth-order valence-corrected chi connectivity index (χ4v) is 1.57. The van der Waals surface area contributed by atoms with Gasteiger partial charge >= 0.3 is 0 Å². The van der Waals surface area contributed by atoms with Crippen molar-refractivity contribution in [1.82, 2.24) is 5.32 Å². The van der Waals surface area contributed by atoms with Crippen molar-refractivity contribution in [3.05, 3.63) is 35.4 Å². The average Bonchev–Trinajstić information content (AvgIpc) is 2.29. The lowest BCUT2D eigenvalue weighted by molar-refractivity contribution is 0.0936. The summed E-state index contributed by atoms with van der Waals surface area (Å²) < 4.78 is 4.89. The summed E-state index contributed by atoms with van der Waals surface area (Å²) >= 11 is 0. The Morgan fingerprint density at radius 1 is 1.38 bits per heavy atom. The highest BCUT2D eigenvalue weighted by molar-refractivity contribution is 5.95. The van der Waals surface area contributed by atoms with E-state index < -0.39 is 0 Å². The SMILES string of the molecule is COCCNC(=O)c1ccccc1C(C)C. The van der Waals surface area contributed by atoms with Crippen LogP contribution in [0.3, 0.4) is 0 Å². The van der Waals surface area contributed by atoms with E-state index in [1.54, 1.807) is 7.11 Å². The van der Waals surface area contributed by atoms with Gasteiger partial charge in [-0.1, -0.05) is 32.0 Å². The third-order valence-electron chi connectivity index (χ3n) is 2.42. The number of methoxy groups -OCH3 is 1. The van der Waals surface area contributed by atoms with Crippen molar-refractivity contribution in [2.75, 3.05) is 20.3 Å². The maximum atomic E-state index is 11.9. The predicted molar refractivity (Wildman–Crippen MR) is 64.7 cm³/mol. The van der Waals surface area contributed by atoms with Crippen molar-refractivity contribution < 1.29 is 9.53 Å². The highest BCUT2D eigenvalue weighted by Gasteiger charge is 2.12. The summed E-state index contributed by atoms with van der Waals surface area (Å²) in [7, 11) is 1.62. The van der Waals surface area contributed by atoms with Crippen LogP contribution in [0, 0.1) is 0 Å². The Labute approximate surface area is 96.8 Å². The van der Waals surface area contributed by atoms with Crippen LogP contribution in [-0.2, 0) is 4.74 Å². The molecule has 0 aliphatic heterocycles. The van der Waals surface area contributed by atoms with Gasteiger partial charge in [0, 0.05) is 19.2 Å². The molecule has 1 aromatic rings. The van der Waals surface area contributed by atoms with Gasteiger partial charge in [-0.15, -0.1) is 0 Å². The Morgan fingerprint density at radius 2 is 2.06 bits per heavy atom. The van der Waals surface area contributed by atoms with Crippen LogP contribution in [0.1, 0.15) is 35.7 Å². The van der Waals surface area contributed by atoms with Crippen LogP contribution < -0.4 is 5.32 Å². The number of amides is 1. The Hall–Kier alpha value is -1.35. The zero-order chi connectivity index (χ0) is 12.0. The summed E-state index contributed by atoms with van der Waals surface area (Å²) in [5.41, 5.74) is 1.84. The number of carbonyl (C=O) groups excluding carboxylic acids is 1. The van der Waals surface area contributed by atoms with Crippen molar-refractivity contribution in [3.8, 4) is 0 Å². The molecule has 0 aromatic heterocycles. The maximum absolute atomic E-state index is 11.9. The van der Waals surface area contributed by atoms with Gasteiger partial charge in [-0.05, 0) is 17.5 Å². The fourth-order valence-electron chi connectivity index (χ4n) is 1.57. The first-order chi connectivity index (χ1) is 7.66.